The SMILES string of the molecule is Clc1ccc(C=Nc2ccc(CSc3ccccc3)cc2)cc1. The number of thioether (sulfide) groups is 1. The molecule has 0 bridgehead atoms. The van der Waals surface area contributed by atoms with E-state index in [1.807, 2.05) is 60.4 Å². The van der Waals surface area contributed by atoms with Crippen molar-refractivity contribution in [3.05, 3.63) is 95.0 Å². The van der Waals surface area contributed by atoms with Crippen LogP contribution in [0.25, 0.3) is 0 Å². The molecule has 0 spiro atoms. The van der Waals surface area contributed by atoms with Gasteiger partial charge in [0.1, 0.15) is 0 Å². The number of benzene rings is 3. The van der Waals surface area contributed by atoms with Crippen molar-refractivity contribution in [1.29, 1.82) is 0 Å². The first-order valence-corrected chi connectivity index (χ1v) is 8.72. The number of hydrogen-bond donors (Lipinski definition) is 0. The molecule has 114 valence electrons. The minimum atomic E-state index is 0.738. The number of aliphatic imine (C=N–C) groups is 1. The highest BCUT2D eigenvalue weighted by atomic mass is 35.5. The molecule has 0 aliphatic carbocycles. The summed E-state index contributed by atoms with van der Waals surface area (Å²) in [5.41, 5.74) is 3.29. The largest absolute Gasteiger partial charge is 0.256 e. The molecule has 1 nitrogen and oxygen atoms in total. The maximum Gasteiger partial charge on any atom is 0.0630 e. The van der Waals surface area contributed by atoms with Crippen LogP contribution in [0.15, 0.2) is 88.8 Å². The molecule has 0 radical (unpaired) electrons. The number of halogens is 1. The Morgan fingerprint density at radius 1 is 0.826 bits per heavy atom. The van der Waals surface area contributed by atoms with E-state index in [0.717, 1.165) is 22.0 Å². The maximum atomic E-state index is 5.87. The third-order valence-corrected chi connectivity index (χ3v) is 4.65. The Labute approximate surface area is 146 Å². The van der Waals surface area contributed by atoms with E-state index >= 15 is 0 Å². The molecular formula is C20H16ClNS. The van der Waals surface area contributed by atoms with Gasteiger partial charge < -0.3 is 0 Å². The van der Waals surface area contributed by atoms with Gasteiger partial charge in [-0.25, -0.2) is 0 Å². The normalized spacial score (nSPS) is 11.0. The molecule has 0 aromatic heterocycles. The lowest BCUT2D eigenvalue weighted by molar-refractivity contribution is 1.37. The fourth-order valence-corrected chi connectivity index (χ4v) is 3.06. The summed E-state index contributed by atoms with van der Waals surface area (Å²) in [5, 5.41) is 0.738. The second-order valence-corrected chi connectivity index (χ2v) is 6.56. The molecule has 0 saturated carbocycles. The Morgan fingerprint density at radius 2 is 1.52 bits per heavy atom. The number of nitrogens with zero attached hydrogens (tertiary/aromatic N) is 1. The number of rotatable bonds is 5. The van der Waals surface area contributed by atoms with Gasteiger partial charge in [0.2, 0.25) is 0 Å². The molecule has 3 heteroatoms. The molecule has 0 unspecified atom stereocenters. The molecule has 3 aromatic rings. The predicted octanol–water partition coefficient (Wildman–Crippen LogP) is 6.38. The van der Waals surface area contributed by atoms with E-state index in [2.05, 4.69) is 41.4 Å². The summed E-state index contributed by atoms with van der Waals surface area (Å²) in [6.45, 7) is 0. The monoisotopic (exact) mass is 337 g/mol. The van der Waals surface area contributed by atoms with Crippen LogP contribution in [0.1, 0.15) is 11.1 Å². The molecule has 3 aromatic carbocycles. The predicted molar refractivity (Wildman–Crippen MR) is 101 cm³/mol. The van der Waals surface area contributed by atoms with E-state index in [9.17, 15) is 0 Å². The van der Waals surface area contributed by atoms with Crippen LogP contribution < -0.4 is 0 Å². The zero-order chi connectivity index (χ0) is 15.9. The van der Waals surface area contributed by atoms with E-state index in [4.69, 9.17) is 11.6 Å². The summed E-state index contributed by atoms with van der Waals surface area (Å²) < 4.78 is 0. The summed E-state index contributed by atoms with van der Waals surface area (Å²) in [7, 11) is 0. The molecule has 0 aliphatic rings. The molecule has 0 atom stereocenters. The van der Waals surface area contributed by atoms with Crippen LogP contribution in [-0.4, -0.2) is 6.21 Å². The van der Waals surface area contributed by atoms with Crippen LogP contribution in [0.4, 0.5) is 5.69 Å². The van der Waals surface area contributed by atoms with E-state index in [1.165, 1.54) is 10.5 Å². The van der Waals surface area contributed by atoms with Crippen molar-refractivity contribution in [3.8, 4) is 0 Å². The van der Waals surface area contributed by atoms with Gasteiger partial charge in [-0.05, 0) is 47.5 Å². The van der Waals surface area contributed by atoms with Crippen molar-refractivity contribution in [3.63, 3.8) is 0 Å². The summed E-state index contributed by atoms with van der Waals surface area (Å²) >= 11 is 7.71. The van der Waals surface area contributed by atoms with E-state index in [0.29, 0.717) is 0 Å². The molecular weight excluding hydrogens is 322 g/mol. The highest BCUT2D eigenvalue weighted by molar-refractivity contribution is 7.98. The van der Waals surface area contributed by atoms with Crippen LogP contribution in [0.5, 0.6) is 0 Å². The average molecular weight is 338 g/mol. The molecule has 0 heterocycles. The average Bonchev–Trinajstić information content (AvgIpc) is 2.61. The van der Waals surface area contributed by atoms with Gasteiger partial charge in [-0.15, -0.1) is 11.8 Å². The van der Waals surface area contributed by atoms with Crippen molar-refractivity contribution in [2.24, 2.45) is 4.99 Å². The summed E-state index contributed by atoms with van der Waals surface area (Å²) in [6, 6.07) is 26.4. The van der Waals surface area contributed by atoms with Crippen molar-refractivity contribution in [2.45, 2.75) is 10.6 Å². The van der Waals surface area contributed by atoms with Gasteiger partial charge in [0.25, 0.3) is 0 Å². The van der Waals surface area contributed by atoms with E-state index in [-0.39, 0.29) is 0 Å². The maximum absolute atomic E-state index is 5.87. The lowest BCUT2D eigenvalue weighted by Crippen LogP contribution is -1.81. The summed E-state index contributed by atoms with van der Waals surface area (Å²) in [4.78, 5) is 5.78. The molecule has 0 saturated heterocycles. The van der Waals surface area contributed by atoms with Crippen molar-refractivity contribution in [1.82, 2.24) is 0 Å². The minimum Gasteiger partial charge on any atom is -0.256 e. The van der Waals surface area contributed by atoms with Crippen LogP contribution in [0.3, 0.4) is 0 Å². The van der Waals surface area contributed by atoms with E-state index in [1.54, 1.807) is 0 Å². The van der Waals surface area contributed by atoms with E-state index < -0.39 is 0 Å². The van der Waals surface area contributed by atoms with Gasteiger partial charge in [0.05, 0.1) is 5.69 Å². The van der Waals surface area contributed by atoms with Gasteiger partial charge in [0.15, 0.2) is 0 Å². The highest BCUT2D eigenvalue weighted by Crippen LogP contribution is 2.23. The molecule has 0 aliphatic heterocycles. The zero-order valence-electron chi connectivity index (χ0n) is 12.5. The number of hydrogen-bond acceptors (Lipinski definition) is 2. The van der Waals surface area contributed by atoms with Crippen molar-refractivity contribution < 1.29 is 0 Å². The van der Waals surface area contributed by atoms with Gasteiger partial charge >= 0.3 is 0 Å². The van der Waals surface area contributed by atoms with Gasteiger partial charge in [-0.3, -0.25) is 4.99 Å². The zero-order valence-corrected chi connectivity index (χ0v) is 14.1. The van der Waals surface area contributed by atoms with Gasteiger partial charge in [-0.1, -0.05) is 54.1 Å². The standard InChI is InChI=1S/C20H16ClNS/c21-18-10-6-16(7-11-18)14-22-19-12-8-17(9-13-19)15-23-20-4-2-1-3-5-20/h1-14H,15H2. The van der Waals surface area contributed by atoms with Gasteiger partial charge in [0, 0.05) is 21.9 Å². The first-order chi connectivity index (χ1) is 11.3. The topological polar surface area (TPSA) is 12.4 Å². The lowest BCUT2D eigenvalue weighted by Gasteiger charge is -2.02. The first kappa shape index (κ1) is 15.9. The lowest BCUT2D eigenvalue weighted by atomic mass is 10.2. The second kappa shape index (κ2) is 8.00. The van der Waals surface area contributed by atoms with Crippen LogP contribution in [0.2, 0.25) is 5.02 Å². The molecule has 0 amide bonds. The van der Waals surface area contributed by atoms with Crippen molar-refractivity contribution >= 4 is 35.3 Å². The Balaban J connectivity index is 1.59. The second-order valence-electron chi connectivity index (χ2n) is 5.08. The highest BCUT2D eigenvalue weighted by Gasteiger charge is 1.96. The fraction of sp³-hybridized carbons (Fsp3) is 0.0500. The quantitative estimate of drug-likeness (QED) is 0.388. The first-order valence-electron chi connectivity index (χ1n) is 7.36. The summed E-state index contributed by atoms with van der Waals surface area (Å²) in [5.74, 6) is 0.963. The van der Waals surface area contributed by atoms with Crippen molar-refractivity contribution in [2.75, 3.05) is 0 Å². The third kappa shape index (κ3) is 4.98. The molecule has 0 fully saturated rings. The Bertz CT molecular complexity index is 765. The van der Waals surface area contributed by atoms with Crippen LogP contribution in [0, 0.1) is 0 Å². The molecule has 0 N–H and O–H groups in total. The minimum absolute atomic E-state index is 0.738. The third-order valence-electron chi connectivity index (χ3n) is 3.32. The Morgan fingerprint density at radius 3 is 2.22 bits per heavy atom. The fourth-order valence-electron chi connectivity index (χ4n) is 2.06. The van der Waals surface area contributed by atoms with Crippen LogP contribution in [-0.2, 0) is 5.75 Å². The summed E-state index contributed by atoms with van der Waals surface area (Å²) in [6.07, 6.45) is 1.85. The smallest absolute Gasteiger partial charge is 0.0630 e. The Hall–Kier alpha value is -2.03. The van der Waals surface area contributed by atoms with Crippen LogP contribution >= 0.6 is 23.4 Å². The molecule has 3 rings (SSSR count). The Kier molecular flexibility index (Phi) is 5.51. The van der Waals surface area contributed by atoms with Gasteiger partial charge in [-0.2, -0.15) is 0 Å². The molecule has 23 heavy (non-hydrogen) atoms.